The molecule has 0 saturated heterocycles. The third kappa shape index (κ3) is 5.45. The van der Waals surface area contributed by atoms with Crippen LogP contribution in [0.3, 0.4) is 0 Å². The molecule has 1 aliphatic rings. The average molecular weight is 376 g/mol. The Morgan fingerprint density at radius 1 is 1.00 bits per heavy atom. The van der Waals surface area contributed by atoms with E-state index in [2.05, 4.69) is 37.3 Å². The van der Waals surface area contributed by atoms with Gasteiger partial charge in [0.2, 0.25) is 0 Å². The minimum atomic E-state index is -0.288. The lowest BCUT2D eigenvalue weighted by molar-refractivity contribution is 0.0195. The summed E-state index contributed by atoms with van der Waals surface area (Å²) in [6.07, 6.45) is 8.92. The number of hydrogen-bond donors (Lipinski definition) is 0. The van der Waals surface area contributed by atoms with E-state index in [9.17, 15) is 4.79 Å². The Hall–Kier alpha value is -2.60. The van der Waals surface area contributed by atoms with Gasteiger partial charge in [-0.05, 0) is 79.8 Å². The highest BCUT2D eigenvalue weighted by Crippen LogP contribution is 2.34. The number of hydrogen-bond acceptors (Lipinski definition) is 3. The van der Waals surface area contributed by atoms with Gasteiger partial charge in [0.15, 0.2) is 0 Å². The number of nitrogens with zero attached hydrogens (tertiary/aromatic N) is 1. The van der Waals surface area contributed by atoms with Crippen LogP contribution in [0, 0.1) is 11.3 Å². The Morgan fingerprint density at radius 3 is 2.29 bits per heavy atom. The number of rotatable bonds is 7. The molecular weight excluding hydrogens is 346 g/mol. The molecular formula is C25H29NO2. The van der Waals surface area contributed by atoms with Crippen molar-refractivity contribution in [3.8, 4) is 6.07 Å². The molecule has 2 aromatic rings. The molecule has 2 aromatic carbocycles. The van der Waals surface area contributed by atoms with Crippen LogP contribution >= 0.6 is 0 Å². The number of unbranched alkanes of at least 4 members (excludes halogenated alkanes) is 2. The molecule has 3 heteroatoms. The largest absolute Gasteiger partial charge is 0.459 e. The zero-order chi connectivity index (χ0) is 19.8. The highest BCUT2D eigenvalue weighted by Gasteiger charge is 2.25. The first-order valence-electron chi connectivity index (χ1n) is 10.5. The zero-order valence-corrected chi connectivity index (χ0v) is 16.7. The predicted molar refractivity (Wildman–Crippen MR) is 111 cm³/mol. The van der Waals surface area contributed by atoms with Gasteiger partial charge < -0.3 is 4.74 Å². The summed E-state index contributed by atoms with van der Waals surface area (Å²) in [7, 11) is 0. The van der Waals surface area contributed by atoms with Gasteiger partial charge in [-0.15, -0.1) is 0 Å². The van der Waals surface area contributed by atoms with Gasteiger partial charge in [0.1, 0.15) is 6.10 Å². The van der Waals surface area contributed by atoms with Crippen molar-refractivity contribution in [3.63, 3.8) is 0 Å². The zero-order valence-electron chi connectivity index (χ0n) is 16.7. The van der Waals surface area contributed by atoms with Gasteiger partial charge in [-0.2, -0.15) is 5.26 Å². The smallest absolute Gasteiger partial charge is 0.338 e. The Morgan fingerprint density at radius 2 is 1.68 bits per heavy atom. The van der Waals surface area contributed by atoms with E-state index in [1.807, 2.05) is 0 Å². The Labute approximate surface area is 168 Å². The summed E-state index contributed by atoms with van der Waals surface area (Å²) in [5, 5.41) is 8.84. The molecule has 0 heterocycles. The van der Waals surface area contributed by atoms with E-state index in [-0.39, 0.29) is 12.1 Å². The van der Waals surface area contributed by atoms with Gasteiger partial charge in [0.25, 0.3) is 0 Å². The lowest BCUT2D eigenvalue weighted by atomic mass is 9.82. The van der Waals surface area contributed by atoms with Crippen molar-refractivity contribution in [3.05, 3.63) is 70.8 Å². The first kappa shape index (κ1) is 20.1. The maximum absolute atomic E-state index is 12.3. The van der Waals surface area contributed by atoms with Crippen LogP contribution in [0.2, 0.25) is 0 Å². The van der Waals surface area contributed by atoms with Crippen LogP contribution in [0.25, 0.3) is 0 Å². The van der Waals surface area contributed by atoms with Crippen molar-refractivity contribution in [2.45, 2.75) is 70.3 Å². The summed E-state index contributed by atoms with van der Waals surface area (Å²) in [6, 6.07) is 17.8. The second-order valence-electron chi connectivity index (χ2n) is 7.77. The molecule has 0 atom stereocenters. The van der Waals surface area contributed by atoms with Gasteiger partial charge in [-0.3, -0.25) is 0 Å². The normalized spacial score (nSPS) is 19.0. The number of esters is 1. The molecule has 1 fully saturated rings. The van der Waals surface area contributed by atoms with E-state index in [4.69, 9.17) is 10.00 Å². The van der Waals surface area contributed by atoms with Crippen LogP contribution in [0.15, 0.2) is 48.5 Å². The van der Waals surface area contributed by atoms with Gasteiger partial charge in [-0.25, -0.2) is 4.79 Å². The summed E-state index contributed by atoms with van der Waals surface area (Å²) in [4.78, 5) is 12.3. The fraction of sp³-hybridized carbons (Fsp3) is 0.440. The van der Waals surface area contributed by atoms with Crippen molar-refractivity contribution in [2.75, 3.05) is 0 Å². The van der Waals surface area contributed by atoms with E-state index < -0.39 is 0 Å². The number of carbonyl (C=O) groups is 1. The molecule has 0 N–H and O–H groups in total. The fourth-order valence-electron chi connectivity index (χ4n) is 3.95. The molecule has 146 valence electrons. The maximum atomic E-state index is 12.3. The lowest BCUT2D eigenvalue weighted by Crippen LogP contribution is -2.24. The minimum Gasteiger partial charge on any atom is -0.459 e. The minimum absolute atomic E-state index is 0.00675. The van der Waals surface area contributed by atoms with Gasteiger partial charge in [0.05, 0.1) is 17.2 Å². The standard InChI is InChI=1S/C25H29NO2/c1-2-3-4-5-19-6-10-21(11-7-19)22-14-16-24(17-15-22)28-25(27)23-12-8-20(18-26)9-13-23/h6-13,22,24H,2-5,14-17H2,1H3/t22-,24-. The molecule has 0 aliphatic heterocycles. The maximum Gasteiger partial charge on any atom is 0.338 e. The molecule has 1 saturated carbocycles. The topological polar surface area (TPSA) is 50.1 Å². The second kappa shape index (κ2) is 10.1. The average Bonchev–Trinajstić information content (AvgIpc) is 2.75. The molecule has 0 unspecified atom stereocenters. The number of ether oxygens (including phenoxy) is 1. The molecule has 0 bridgehead atoms. The predicted octanol–water partition coefficient (Wildman–Crippen LogP) is 6.17. The van der Waals surface area contributed by atoms with Crippen molar-refractivity contribution in [2.24, 2.45) is 0 Å². The molecule has 0 amide bonds. The third-order valence-corrected chi connectivity index (χ3v) is 5.72. The number of carbonyl (C=O) groups excluding carboxylic acids is 1. The summed E-state index contributed by atoms with van der Waals surface area (Å²) >= 11 is 0. The van der Waals surface area contributed by atoms with E-state index in [1.54, 1.807) is 24.3 Å². The highest BCUT2D eigenvalue weighted by atomic mass is 16.5. The van der Waals surface area contributed by atoms with Gasteiger partial charge in [0, 0.05) is 0 Å². The van der Waals surface area contributed by atoms with Crippen molar-refractivity contribution < 1.29 is 9.53 Å². The molecule has 0 spiro atoms. The van der Waals surface area contributed by atoms with Gasteiger partial charge in [-0.1, -0.05) is 44.0 Å². The van der Waals surface area contributed by atoms with Crippen LogP contribution < -0.4 is 0 Å². The second-order valence-corrected chi connectivity index (χ2v) is 7.77. The summed E-state index contributed by atoms with van der Waals surface area (Å²) in [5.41, 5.74) is 3.91. The van der Waals surface area contributed by atoms with Crippen LogP contribution in [0.5, 0.6) is 0 Å². The third-order valence-electron chi connectivity index (χ3n) is 5.72. The molecule has 0 radical (unpaired) electrons. The first-order chi connectivity index (χ1) is 13.7. The first-order valence-corrected chi connectivity index (χ1v) is 10.5. The Balaban J connectivity index is 1.47. The highest BCUT2D eigenvalue weighted by molar-refractivity contribution is 5.89. The van der Waals surface area contributed by atoms with E-state index in [0.29, 0.717) is 17.0 Å². The van der Waals surface area contributed by atoms with E-state index >= 15 is 0 Å². The van der Waals surface area contributed by atoms with Crippen molar-refractivity contribution >= 4 is 5.97 Å². The van der Waals surface area contributed by atoms with Crippen LogP contribution in [-0.2, 0) is 11.2 Å². The monoisotopic (exact) mass is 375 g/mol. The molecule has 3 nitrogen and oxygen atoms in total. The lowest BCUT2D eigenvalue weighted by Gasteiger charge is -2.28. The SMILES string of the molecule is CCCCCc1ccc([C@H]2CC[C@H](OC(=O)c3ccc(C#N)cc3)CC2)cc1. The number of benzene rings is 2. The van der Waals surface area contributed by atoms with Crippen molar-refractivity contribution in [1.82, 2.24) is 0 Å². The summed E-state index contributed by atoms with van der Waals surface area (Å²) in [5.74, 6) is 0.277. The van der Waals surface area contributed by atoms with E-state index in [0.717, 1.165) is 25.7 Å². The van der Waals surface area contributed by atoms with Gasteiger partial charge >= 0.3 is 5.97 Å². The summed E-state index contributed by atoms with van der Waals surface area (Å²) in [6.45, 7) is 2.24. The number of aryl methyl sites for hydroxylation is 1. The van der Waals surface area contributed by atoms with Crippen LogP contribution in [-0.4, -0.2) is 12.1 Å². The quantitative estimate of drug-likeness (QED) is 0.429. The Bertz CT molecular complexity index is 794. The fourth-order valence-corrected chi connectivity index (χ4v) is 3.95. The molecule has 1 aliphatic carbocycles. The van der Waals surface area contributed by atoms with E-state index in [1.165, 1.54) is 36.8 Å². The van der Waals surface area contributed by atoms with Crippen molar-refractivity contribution in [1.29, 1.82) is 5.26 Å². The molecule has 3 rings (SSSR count). The molecule has 0 aromatic heterocycles. The van der Waals surface area contributed by atoms with Crippen LogP contribution in [0.1, 0.15) is 84.8 Å². The van der Waals surface area contributed by atoms with Crippen LogP contribution in [0.4, 0.5) is 0 Å². The number of nitriles is 1. The Kier molecular flexibility index (Phi) is 7.25. The molecule has 28 heavy (non-hydrogen) atoms. The summed E-state index contributed by atoms with van der Waals surface area (Å²) < 4.78 is 5.69.